The van der Waals surface area contributed by atoms with E-state index in [-0.39, 0.29) is 0 Å². The Morgan fingerprint density at radius 3 is 1.17 bits per heavy atom. The Morgan fingerprint density at radius 2 is 0.771 bits per heavy atom. The molecule has 0 saturated heterocycles. The summed E-state index contributed by atoms with van der Waals surface area (Å²) in [7, 11) is 0. The zero-order valence-electron chi connectivity index (χ0n) is 25.0. The van der Waals surface area contributed by atoms with Crippen LogP contribution < -0.4 is 0 Å². The summed E-state index contributed by atoms with van der Waals surface area (Å²) in [5.41, 5.74) is 0. The van der Waals surface area contributed by atoms with E-state index in [1.165, 1.54) is 141 Å². The third kappa shape index (κ3) is 17.2. The second kappa shape index (κ2) is 21.0. The molecular weight excluding hydrogens is 420 g/mol. The Morgan fingerprint density at radius 1 is 0.429 bits per heavy atom. The van der Waals surface area contributed by atoms with Gasteiger partial charge in [0.05, 0.1) is 0 Å². The fraction of sp³-hybridized carbons (Fsp3) is 1.00. The molecule has 0 aliphatic heterocycles. The van der Waals surface area contributed by atoms with Crippen LogP contribution in [0.2, 0.25) is 0 Å². The molecule has 2 rings (SSSR count). The van der Waals surface area contributed by atoms with Crippen LogP contribution in [0.1, 0.15) is 194 Å². The van der Waals surface area contributed by atoms with Gasteiger partial charge in [0.2, 0.25) is 0 Å². The largest absolute Gasteiger partial charge is 0.0654 e. The first-order valence-corrected chi connectivity index (χ1v) is 17.2. The Bertz CT molecular complexity index is 453. The van der Waals surface area contributed by atoms with Crippen LogP contribution in [0.5, 0.6) is 0 Å². The van der Waals surface area contributed by atoms with Crippen molar-refractivity contribution in [3.63, 3.8) is 0 Å². The Hall–Kier alpha value is 0. The highest BCUT2D eigenvalue weighted by Gasteiger charge is 2.35. The fourth-order valence-electron chi connectivity index (χ4n) is 6.90. The summed E-state index contributed by atoms with van der Waals surface area (Å²) >= 11 is 0. The molecule has 2 saturated carbocycles. The molecule has 5 atom stereocenters. The van der Waals surface area contributed by atoms with Crippen LogP contribution in [0.25, 0.3) is 0 Å². The second-order valence-electron chi connectivity index (χ2n) is 13.3. The van der Waals surface area contributed by atoms with Crippen LogP contribution in [0.3, 0.4) is 0 Å². The molecule has 0 heterocycles. The molecule has 0 aromatic rings. The predicted molar refractivity (Wildman–Crippen MR) is 159 cm³/mol. The minimum atomic E-state index is 0.971. The lowest BCUT2D eigenvalue weighted by atomic mass is 9.96. The summed E-state index contributed by atoms with van der Waals surface area (Å²) in [6.45, 7) is 7.18. The highest BCUT2D eigenvalue weighted by atomic mass is 14.4. The van der Waals surface area contributed by atoms with Crippen LogP contribution in [0.15, 0.2) is 0 Å². The summed E-state index contributed by atoms with van der Waals surface area (Å²) < 4.78 is 0. The van der Waals surface area contributed by atoms with Gasteiger partial charge in [0.25, 0.3) is 0 Å². The van der Waals surface area contributed by atoms with E-state index >= 15 is 0 Å². The molecule has 1 unspecified atom stereocenters. The maximum absolute atomic E-state index is 2.50. The smallest absolute Gasteiger partial charge is 0.0383 e. The normalized spacial score (nSPS) is 24.1. The van der Waals surface area contributed by atoms with Crippen molar-refractivity contribution < 1.29 is 0 Å². The van der Waals surface area contributed by atoms with E-state index in [1.807, 2.05) is 0 Å². The third-order valence-electron chi connectivity index (χ3n) is 9.88. The first-order chi connectivity index (χ1) is 17.2. The average Bonchev–Trinajstić information content (AvgIpc) is 3.78. The van der Waals surface area contributed by atoms with Crippen molar-refractivity contribution in [3.8, 4) is 0 Å². The van der Waals surface area contributed by atoms with Crippen molar-refractivity contribution in [2.75, 3.05) is 0 Å². The van der Waals surface area contributed by atoms with Crippen molar-refractivity contribution in [2.24, 2.45) is 29.6 Å². The Labute approximate surface area is 223 Å². The molecule has 208 valence electrons. The van der Waals surface area contributed by atoms with Gasteiger partial charge < -0.3 is 0 Å². The van der Waals surface area contributed by atoms with Gasteiger partial charge in [0.15, 0.2) is 0 Å². The van der Waals surface area contributed by atoms with E-state index in [0.717, 1.165) is 29.6 Å². The number of rotatable bonds is 27. The molecule has 0 nitrogen and oxygen atoms in total. The van der Waals surface area contributed by atoms with Crippen molar-refractivity contribution in [2.45, 2.75) is 194 Å². The highest BCUT2D eigenvalue weighted by Crippen LogP contribution is 2.46. The van der Waals surface area contributed by atoms with Crippen LogP contribution in [-0.2, 0) is 0 Å². The topological polar surface area (TPSA) is 0 Å². The van der Waals surface area contributed by atoms with Gasteiger partial charge in [-0.3, -0.25) is 0 Å². The second-order valence-corrected chi connectivity index (χ2v) is 13.3. The van der Waals surface area contributed by atoms with Crippen molar-refractivity contribution in [1.29, 1.82) is 0 Å². The lowest BCUT2D eigenvalue weighted by molar-refractivity contribution is 0.430. The molecule has 0 aromatic carbocycles. The lowest BCUT2D eigenvalue weighted by Crippen LogP contribution is -1.95. The van der Waals surface area contributed by atoms with Gasteiger partial charge in [-0.2, -0.15) is 0 Å². The van der Waals surface area contributed by atoms with Gasteiger partial charge in [-0.25, -0.2) is 0 Å². The molecule has 0 amide bonds. The van der Waals surface area contributed by atoms with Crippen LogP contribution in [0.4, 0.5) is 0 Å². The first-order valence-electron chi connectivity index (χ1n) is 17.2. The molecule has 2 aliphatic carbocycles. The molecule has 0 spiro atoms. The molecular formula is C35H68. The lowest BCUT2D eigenvalue weighted by Gasteiger charge is -2.11. The van der Waals surface area contributed by atoms with Crippen LogP contribution in [0, 0.1) is 29.6 Å². The number of hydrogen-bond acceptors (Lipinski definition) is 0. The zero-order valence-corrected chi connectivity index (χ0v) is 25.0. The standard InChI is InChI=1S/C35H68/c1-4-6-7-8-14-19-24-31(3)25-20-15-10-9-11-16-22-27-34-30-35(34)28-23-18-13-12-17-21-26-33-29-32(33)5-2/h31-35H,4-30H2,1-3H3/t31?,32-,33+,34-,35+/m1/s1. The maximum Gasteiger partial charge on any atom is -0.0383 e. The summed E-state index contributed by atoms with van der Waals surface area (Å²) in [6.07, 6.45) is 40.5. The summed E-state index contributed by atoms with van der Waals surface area (Å²) in [5, 5.41) is 0. The van der Waals surface area contributed by atoms with Gasteiger partial charge in [0.1, 0.15) is 0 Å². The van der Waals surface area contributed by atoms with E-state index in [0.29, 0.717) is 0 Å². The quantitative estimate of drug-likeness (QED) is 0.101. The monoisotopic (exact) mass is 489 g/mol. The molecule has 0 N–H and O–H groups in total. The molecule has 2 aliphatic rings. The first kappa shape index (κ1) is 31.2. The zero-order chi connectivity index (χ0) is 25.0. The summed E-state index contributed by atoms with van der Waals surface area (Å²) in [6, 6.07) is 0. The van der Waals surface area contributed by atoms with Gasteiger partial charge in [-0.15, -0.1) is 0 Å². The van der Waals surface area contributed by atoms with Crippen molar-refractivity contribution in [3.05, 3.63) is 0 Å². The van der Waals surface area contributed by atoms with Crippen molar-refractivity contribution >= 4 is 0 Å². The third-order valence-corrected chi connectivity index (χ3v) is 9.88. The van der Waals surface area contributed by atoms with Gasteiger partial charge >= 0.3 is 0 Å². The van der Waals surface area contributed by atoms with E-state index in [2.05, 4.69) is 20.8 Å². The molecule has 0 aromatic heterocycles. The SMILES string of the molecule is CCCCCCCCC(C)CCCCCCCCC[C@@H]1C[C@@H]1CCCCCCCC[C@H]1C[C@H]1CC. The Kier molecular flexibility index (Phi) is 18.7. The van der Waals surface area contributed by atoms with E-state index in [1.54, 1.807) is 32.1 Å². The fourth-order valence-corrected chi connectivity index (χ4v) is 6.90. The van der Waals surface area contributed by atoms with Crippen molar-refractivity contribution in [1.82, 2.24) is 0 Å². The maximum atomic E-state index is 2.50. The van der Waals surface area contributed by atoms with Gasteiger partial charge in [0, 0.05) is 0 Å². The summed E-state index contributed by atoms with van der Waals surface area (Å²) in [5.74, 6) is 5.48. The molecule has 35 heavy (non-hydrogen) atoms. The van der Waals surface area contributed by atoms with E-state index in [9.17, 15) is 0 Å². The summed E-state index contributed by atoms with van der Waals surface area (Å²) in [4.78, 5) is 0. The molecule has 0 radical (unpaired) electrons. The van der Waals surface area contributed by atoms with Crippen LogP contribution >= 0.6 is 0 Å². The number of hydrogen-bond donors (Lipinski definition) is 0. The Balaban J connectivity index is 1.22. The highest BCUT2D eigenvalue weighted by molar-refractivity contribution is 4.86. The van der Waals surface area contributed by atoms with Crippen LogP contribution in [-0.4, -0.2) is 0 Å². The number of unbranched alkanes of at least 4 members (excludes halogenated alkanes) is 16. The molecule has 2 fully saturated rings. The van der Waals surface area contributed by atoms with Gasteiger partial charge in [-0.1, -0.05) is 181 Å². The average molecular weight is 489 g/mol. The minimum Gasteiger partial charge on any atom is -0.0654 e. The molecule has 0 heteroatoms. The minimum absolute atomic E-state index is 0.971. The molecule has 0 bridgehead atoms. The van der Waals surface area contributed by atoms with E-state index in [4.69, 9.17) is 0 Å². The predicted octanol–water partition coefficient (Wildman–Crippen LogP) is 12.7. The van der Waals surface area contributed by atoms with Gasteiger partial charge in [-0.05, 0) is 42.4 Å². The van der Waals surface area contributed by atoms with E-state index < -0.39 is 0 Å².